The number of carbonyl (C=O) groups is 3. The van der Waals surface area contributed by atoms with Crippen molar-refractivity contribution in [3.05, 3.63) is 10.6 Å². The fraction of sp³-hybridized carbons (Fsp3) is 0.688. The van der Waals surface area contributed by atoms with E-state index in [2.05, 4.69) is 0 Å². The van der Waals surface area contributed by atoms with Crippen LogP contribution >= 0.6 is 11.8 Å². The summed E-state index contributed by atoms with van der Waals surface area (Å²) in [6.45, 7) is 6.52. The van der Waals surface area contributed by atoms with Crippen LogP contribution in [-0.4, -0.2) is 68.3 Å². The van der Waals surface area contributed by atoms with Crippen molar-refractivity contribution in [2.75, 3.05) is 13.1 Å². The molecular formula is C16H22N2O5S. The SMILES string of the molecule is CCC(=O)N1CC(SC2=C(C(=O)O)N3C(=O)[C@H]([C@@H](C)O)[C@H]3[C@H]2C)C1. The van der Waals surface area contributed by atoms with Gasteiger partial charge in [-0.05, 0) is 6.92 Å². The molecule has 2 saturated heterocycles. The van der Waals surface area contributed by atoms with E-state index in [1.165, 1.54) is 16.7 Å². The van der Waals surface area contributed by atoms with E-state index in [0.717, 1.165) is 0 Å². The zero-order valence-electron chi connectivity index (χ0n) is 13.9. The number of hydrogen-bond acceptors (Lipinski definition) is 5. The number of nitrogens with zero attached hydrogens (tertiary/aromatic N) is 2. The Bertz CT molecular complexity index is 626. The van der Waals surface area contributed by atoms with Crippen LogP contribution in [0.25, 0.3) is 0 Å². The fourth-order valence-corrected chi connectivity index (χ4v) is 5.32. The van der Waals surface area contributed by atoms with Gasteiger partial charge in [0.25, 0.3) is 0 Å². The van der Waals surface area contributed by atoms with Gasteiger partial charge in [-0.3, -0.25) is 9.59 Å². The number of amides is 2. The Balaban J connectivity index is 1.76. The van der Waals surface area contributed by atoms with Gasteiger partial charge in [-0.2, -0.15) is 0 Å². The van der Waals surface area contributed by atoms with Crippen molar-refractivity contribution in [2.45, 2.75) is 44.6 Å². The quantitative estimate of drug-likeness (QED) is 0.698. The van der Waals surface area contributed by atoms with Gasteiger partial charge in [0.15, 0.2) is 0 Å². The van der Waals surface area contributed by atoms with Crippen LogP contribution in [0, 0.1) is 11.8 Å². The molecule has 24 heavy (non-hydrogen) atoms. The van der Waals surface area contributed by atoms with E-state index in [-0.39, 0.29) is 34.7 Å². The lowest BCUT2D eigenvalue weighted by Gasteiger charge is -2.46. The first kappa shape index (κ1) is 17.3. The van der Waals surface area contributed by atoms with Crippen molar-refractivity contribution in [1.29, 1.82) is 0 Å². The maximum absolute atomic E-state index is 12.2. The number of hydrogen-bond donors (Lipinski definition) is 2. The largest absolute Gasteiger partial charge is 0.477 e. The maximum atomic E-state index is 12.2. The van der Waals surface area contributed by atoms with Crippen molar-refractivity contribution >= 4 is 29.5 Å². The number of carbonyl (C=O) groups excluding carboxylic acids is 2. The van der Waals surface area contributed by atoms with Crippen molar-refractivity contribution in [2.24, 2.45) is 11.8 Å². The number of carboxylic acid groups (broad SMARTS) is 1. The summed E-state index contributed by atoms with van der Waals surface area (Å²) >= 11 is 1.46. The Kier molecular flexibility index (Phi) is 4.37. The van der Waals surface area contributed by atoms with Gasteiger partial charge < -0.3 is 20.0 Å². The molecule has 0 aromatic heterocycles. The van der Waals surface area contributed by atoms with E-state index in [4.69, 9.17) is 0 Å². The van der Waals surface area contributed by atoms with Gasteiger partial charge in [-0.1, -0.05) is 13.8 Å². The second kappa shape index (κ2) is 6.07. The van der Waals surface area contributed by atoms with Gasteiger partial charge in [0.1, 0.15) is 5.70 Å². The maximum Gasteiger partial charge on any atom is 0.353 e. The number of β-lactam (4-membered cyclic amide) rings is 1. The molecule has 0 saturated carbocycles. The van der Waals surface area contributed by atoms with Crippen molar-refractivity contribution in [3.8, 4) is 0 Å². The second-order valence-electron chi connectivity index (χ2n) is 6.66. The molecule has 0 aromatic rings. The Hall–Kier alpha value is -1.54. The Morgan fingerprint density at radius 1 is 1.38 bits per heavy atom. The average molecular weight is 354 g/mol. The minimum atomic E-state index is -1.11. The third kappa shape index (κ3) is 2.43. The highest BCUT2D eigenvalue weighted by Crippen LogP contribution is 2.51. The molecule has 3 aliphatic rings. The van der Waals surface area contributed by atoms with Gasteiger partial charge in [0, 0.05) is 35.6 Å². The molecule has 3 aliphatic heterocycles. The van der Waals surface area contributed by atoms with Crippen LogP contribution in [0.4, 0.5) is 0 Å². The third-order valence-corrected chi connectivity index (χ3v) is 6.56. The monoisotopic (exact) mass is 354 g/mol. The highest BCUT2D eigenvalue weighted by molar-refractivity contribution is 8.03. The highest BCUT2D eigenvalue weighted by atomic mass is 32.2. The minimum Gasteiger partial charge on any atom is -0.477 e. The van der Waals surface area contributed by atoms with Gasteiger partial charge in [-0.15, -0.1) is 11.8 Å². The molecule has 7 nitrogen and oxygen atoms in total. The number of thioether (sulfide) groups is 1. The van der Waals surface area contributed by atoms with E-state index in [1.807, 2.05) is 13.8 Å². The topological polar surface area (TPSA) is 98.2 Å². The molecule has 2 fully saturated rings. The summed E-state index contributed by atoms with van der Waals surface area (Å²) in [5.74, 6) is -1.97. The predicted molar refractivity (Wildman–Crippen MR) is 87.9 cm³/mol. The summed E-state index contributed by atoms with van der Waals surface area (Å²) in [6.07, 6.45) is -0.320. The normalized spacial score (nSPS) is 30.8. The van der Waals surface area contributed by atoms with Crippen molar-refractivity contribution < 1.29 is 24.6 Å². The molecule has 0 aliphatic carbocycles. The molecule has 132 valence electrons. The third-order valence-electron chi connectivity index (χ3n) is 5.11. The molecule has 8 heteroatoms. The van der Waals surface area contributed by atoms with Crippen molar-refractivity contribution in [1.82, 2.24) is 9.80 Å². The lowest BCUT2D eigenvalue weighted by Crippen LogP contribution is -2.63. The number of carboxylic acids is 1. The smallest absolute Gasteiger partial charge is 0.353 e. The van der Waals surface area contributed by atoms with Crippen LogP contribution in [-0.2, 0) is 14.4 Å². The van der Waals surface area contributed by atoms with E-state index in [0.29, 0.717) is 24.4 Å². The molecule has 4 atom stereocenters. The zero-order chi connectivity index (χ0) is 17.8. The molecule has 0 radical (unpaired) electrons. The van der Waals surface area contributed by atoms with Crippen LogP contribution in [0.3, 0.4) is 0 Å². The van der Waals surface area contributed by atoms with Gasteiger partial charge in [0.2, 0.25) is 11.8 Å². The molecule has 3 rings (SSSR count). The molecular weight excluding hydrogens is 332 g/mol. The Morgan fingerprint density at radius 3 is 2.50 bits per heavy atom. The lowest BCUT2D eigenvalue weighted by atomic mass is 9.79. The minimum absolute atomic E-state index is 0.0552. The van der Waals surface area contributed by atoms with E-state index in [9.17, 15) is 24.6 Å². The summed E-state index contributed by atoms with van der Waals surface area (Å²) in [7, 11) is 0. The number of fused-ring (bicyclic) bond motifs is 1. The van der Waals surface area contributed by atoms with Gasteiger partial charge >= 0.3 is 5.97 Å². The Labute approximate surface area is 144 Å². The van der Waals surface area contributed by atoms with Crippen LogP contribution in [0.2, 0.25) is 0 Å². The van der Waals surface area contributed by atoms with Crippen LogP contribution in [0.15, 0.2) is 10.6 Å². The first-order chi connectivity index (χ1) is 11.3. The van der Waals surface area contributed by atoms with Gasteiger partial charge in [-0.25, -0.2) is 4.79 Å². The summed E-state index contributed by atoms with van der Waals surface area (Å²) < 4.78 is 0. The highest BCUT2D eigenvalue weighted by Gasteiger charge is 2.60. The van der Waals surface area contributed by atoms with Gasteiger partial charge in [0.05, 0.1) is 18.1 Å². The summed E-state index contributed by atoms with van der Waals surface area (Å²) in [5, 5.41) is 19.5. The number of rotatable bonds is 5. The Morgan fingerprint density at radius 2 is 2.00 bits per heavy atom. The molecule has 3 heterocycles. The molecule has 0 unspecified atom stereocenters. The molecule has 0 aromatic carbocycles. The zero-order valence-corrected chi connectivity index (χ0v) is 14.7. The summed E-state index contributed by atoms with van der Waals surface area (Å²) in [4.78, 5) is 39.3. The number of likely N-dealkylation sites (tertiary alicyclic amines) is 1. The fourth-order valence-electron chi connectivity index (χ4n) is 3.80. The predicted octanol–water partition coefficient (Wildman–Crippen LogP) is 0.494. The van der Waals surface area contributed by atoms with Crippen LogP contribution in [0.5, 0.6) is 0 Å². The summed E-state index contributed by atoms with van der Waals surface area (Å²) in [6, 6.07) is -0.278. The second-order valence-corrected chi connectivity index (χ2v) is 8.01. The molecule has 2 amide bonds. The first-order valence-corrected chi connectivity index (χ1v) is 9.08. The average Bonchev–Trinajstić information content (AvgIpc) is 2.70. The van der Waals surface area contributed by atoms with E-state index in [1.54, 1.807) is 11.8 Å². The summed E-state index contributed by atoms with van der Waals surface area (Å²) in [5.41, 5.74) is 0.0552. The van der Waals surface area contributed by atoms with Crippen molar-refractivity contribution in [3.63, 3.8) is 0 Å². The number of aliphatic hydroxyl groups excluding tert-OH is 1. The molecule has 0 spiro atoms. The van der Waals surface area contributed by atoms with E-state index >= 15 is 0 Å². The molecule has 0 bridgehead atoms. The first-order valence-electron chi connectivity index (χ1n) is 8.20. The lowest BCUT2D eigenvalue weighted by molar-refractivity contribution is -0.163. The van der Waals surface area contributed by atoms with E-state index < -0.39 is 18.0 Å². The number of aliphatic hydroxyl groups is 1. The number of aliphatic carboxylic acids is 1. The standard InChI is InChI=1S/C16H22N2O5S/c1-4-10(20)17-5-9(6-17)24-14-7(2)12-11(8(3)19)15(21)18(12)13(14)16(22)23/h7-9,11-12,19H,4-6H2,1-3H3,(H,22,23)/t7-,8-,11-,12-/m1/s1. The van der Waals surface area contributed by atoms with Crippen LogP contribution < -0.4 is 0 Å². The van der Waals surface area contributed by atoms with Crippen LogP contribution in [0.1, 0.15) is 27.2 Å². The molecule has 2 N–H and O–H groups in total.